The molecule has 0 aliphatic carbocycles. The Morgan fingerprint density at radius 1 is 1.41 bits per heavy atom. The van der Waals surface area contributed by atoms with Gasteiger partial charge in [-0.2, -0.15) is 0 Å². The lowest BCUT2D eigenvalue weighted by molar-refractivity contribution is -0.118. The molecule has 3 rings (SSSR count). The van der Waals surface area contributed by atoms with Crippen LogP contribution in [0.5, 0.6) is 0 Å². The molecule has 2 aliphatic heterocycles. The molecule has 1 fully saturated rings. The summed E-state index contributed by atoms with van der Waals surface area (Å²) in [5.74, 6) is -0.542. The summed E-state index contributed by atoms with van der Waals surface area (Å²) >= 11 is 5.80. The van der Waals surface area contributed by atoms with Crippen LogP contribution in [-0.4, -0.2) is 18.5 Å². The second-order valence-corrected chi connectivity index (χ2v) is 4.88. The van der Waals surface area contributed by atoms with Crippen molar-refractivity contribution >= 4 is 28.9 Å². The smallest absolute Gasteiger partial charge is 0.247 e. The summed E-state index contributed by atoms with van der Waals surface area (Å²) < 4.78 is 13.4. The SMILES string of the molecule is O=C1Nc2cc(F)c(Cl)cc2N2CCCCC12. The van der Waals surface area contributed by atoms with Crippen LogP contribution >= 0.6 is 11.6 Å². The fourth-order valence-electron chi connectivity index (χ4n) is 2.58. The standard InChI is InChI=1S/C12H12ClFN2O/c13-7-5-11-9(6-8(7)14)15-12(17)10-3-1-2-4-16(10)11/h5-6,10H,1-4H2,(H,15,17). The van der Waals surface area contributed by atoms with Crippen molar-refractivity contribution in [3.05, 3.63) is 23.0 Å². The van der Waals surface area contributed by atoms with Crippen molar-refractivity contribution in [2.75, 3.05) is 16.8 Å². The van der Waals surface area contributed by atoms with Crippen LogP contribution < -0.4 is 10.2 Å². The molecule has 1 aromatic carbocycles. The predicted octanol–water partition coefficient (Wildman–Crippen LogP) is 2.79. The zero-order valence-corrected chi connectivity index (χ0v) is 9.93. The van der Waals surface area contributed by atoms with Crippen LogP contribution in [0.25, 0.3) is 0 Å². The highest BCUT2D eigenvalue weighted by atomic mass is 35.5. The lowest BCUT2D eigenvalue weighted by Crippen LogP contribution is -2.50. The molecule has 1 atom stereocenters. The van der Waals surface area contributed by atoms with Crippen LogP contribution in [0.2, 0.25) is 5.02 Å². The van der Waals surface area contributed by atoms with Gasteiger partial charge in [0.1, 0.15) is 11.9 Å². The Kier molecular flexibility index (Phi) is 2.47. The third kappa shape index (κ3) is 1.67. The summed E-state index contributed by atoms with van der Waals surface area (Å²) in [5.41, 5.74) is 1.36. The molecule has 90 valence electrons. The van der Waals surface area contributed by atoms with Crippen molar-refractivity contribution < 1.29 is 9.18 Å². The molecule has 0 bridgehead atoms. The number of hydrogen-bond donors (Lipinski definition) is 1. The molecule has 1 aromatic rings. The molecule has 0 radical (unpaired) electrons. The third-order valence-electron chi connectivity index (χ3n) is 3.41. The van der Waals surface area contributed by atoms with Crippen LogP contribution in [0.1, 0.15) is 19.3 Å². The molecule has 0 saturated carbocycles. The molecular formula is C12H12ClFN2O. The molecule has 17 heavy (non-hydrogen) atoms. The highest BCUT2D eigenvalue weighted by Crippen LogP contribution is 2.38. The molecule has 0 spiro atoms. The van der Waals surface area contributed by atoms with Gasteiger partial charge in [-0.05, 0) is 25.3 Å². The number of halogens is 2. The maximum absolute atomic E-state index is 13.4. The van der Waals surface area contributed by atoms with Gasteiger partial charge in [-0.3, -0.25) is 4.79 Å². The Hall–Kier alpha value is -1.29. The molecule has 1 amide bonds. The first-order chi connectivity index (χ1) is 8.16. The molecule has 2 heterocycles. The molecule has 1 unspecified atom stereocenters. The van der Waals surface area contributed by atoms with Gasteiger partial charge in [0.2, 0.25) is 5.91 Å². The second-order valence-electron chi connectivity index (χ2n) is 4.48. The zero-order valence-electron chi connectivity index (χ0n) is 9.17. The summed E-state index contributed by atoms with van der Waals surface area (Å²) in [4.78, 5) is 13.9. The average molecular weight is 255 g/mol. The Balaban J connectivity index is 2.10. The van der Waals surface area contributed by atoms with Gasteiger partial charge in [0, 0.05) is 12.6 Å². The van der Waals surface area contributed by atoms with E-state index in [4.69, 9.17) is 11.6 Å². The van der Waals surface area contributed by atoms with E-state index >= 15 is 0 Å². The first kappa shape index (κ1) is 10.8. The van der Waals surface area contributed by atoms with E-state index in [-0.39, 0.29) is 17.0 Å². The van der Waals surface area contributed by atoms with Crippen molar-refractivity contribution in [1.82, 2.24) is 0 Å². The van der Waals surface area contributed by atoms with Gasteiger partial charge in [0.05, 0.1) is 16.4 Å². The highest BCUT2D eigenvalue weighted by molar-refractivity contribution is 6.31. The number of carbonyl (C=O) groups excluding carboxylic acids is 1. The maximum Gasteiger partial charge on any atom is 0.247 e. The monoisotopic (exact) mass is 254 g/mol. The quantitative estimate of drug-likeness (QED) is 0.772. The van der Waals surface area contributed by atoms with E-state index in [1.54, 1.807) is 6.07 Å². The number of benzene rings is 1. The molecular weight excluding hydrogens is 243 g/mol. The van der Waals surface area contributed by atoms with Gasteiger partial charge in [-0.15, -0.1) is 0 Å². The zero-order chi connectivity index (χ0) is 12.0. The van der Waals surface area contributed by atoms with E-state index in [9.17, 15) is 9.18 Å². The van der Waals surface area contributed by atoms with E-state index in [1.165, 1.54) is 6.07 Å². The Morgan fingerprint density at radius 3 is 3.06 bits per heavy atom. The van der Waals surface area contributed by atoms with Crippen molar-refractivity contribution in [2.45, 2.75) is 25.3 Å². The number of fused-ring (bicyclic) bond motifs is 3. The highest BCUT2D eigenvalue weighted by Gasteiger charge is 2.35. The number of hydrogen-bond acceptors (Lipinski definition) is 2. The lowest BCUT2D eigenvalue weighted by Gasteiger charge is -2.41. The number of anilines is 2. The van der Waals surface area contributed by atoms with Gasteiger partial charge in [-0.1, -0.05) is 11.6 Å². The van der Waals surface area contributed by atoms with Crippen molar-refractivity contribution in [3.63, 3.8) is 0 Å². The number of nitrogens with one attached hydrogen (secondary N) is 1. The topological polar surface area (TPSA) is 32.3 Å². The van der Waals surface area contributed by atoms with Crippen LogP contribution in [-0.2, 0) is 4.79 Å². The van der Waals surface area contributed by atoms with Crippen molar-refractivity contribution in [1.29, 1.82) is 0 Å². The summed E-state index contributed by atoms with van der Waals surface area (Å²) in [6.07, 6.45) is 2.96. The van der Waals surface area contributed by atoms with E-state index < -0.39 is 5.82 Å². The molecule has 3 nitrogen and oxygen atoms in total. The number of piperidine rings is 1. The van der Waals surface area contributed by atoms with Crippen LogP contribution in [0.4, 0.5) is 15.8 Å². The Morgan fingerprint density at radius 2 is 2.24 bits per heavy atom. The molecule has 0 aromatic heterocycles. The molecule has 2 aliphatic rings. The first-order valence-electron chi connectivity index (χ1n) is 5.73. The van der Waals surface area contributed by atoms with E-state index in [0.29, 0.717) is 5.69 Å². The number of rotatable bonds is 0. The van der Waals surface area contributed by atoms with E-state index in [1.807, 2.05) is 4.90 Å². The average Bonchev–Trinajstić information content (AvgIpc) is 2.32. The molecule has 5 heteroatoms. The van der Waals surface area contributed by atoms with Gasteiger partial charge in [0.25, 0.3) is 0 Å². The Bertz CT molecular complexity index is 492. The largest absolute Gasteiger partial charge is 0.358 e. The number of nitrogens with zero attached hydrogens (tertiary/aromatic N) is 1. The summed E-state index contributed by atoms with van der Waals surface area (Å²) in [5, 5.41) is 2.85. The van der Waals surface area contributed by atoms with Gasteiger partial charge in [-0.25, -0.2) is 4.39 Å². The predicted molar refractivity (Wildman–Crippen MR) is 65.0 cm³/mol. The van der Waals surface area contributed by atoms with Crippen LogP contribution in [0.15, 0.2) is 12.1 Å². The van der Waals surface area contributed by atoms with E-state index in [2.05, 4.69) is 5.32 Å². The summed E-state index contributed by atoms with van der Waals surface area (Å²) in [6.45, 7) is 0.826. The van der Waals surface area contributed by atoms with Crippen LogP contribution in [0, 0.1) is 5.82 Å². The van der Waals surface area contributed by atoms with Crippen molar-refractivity contribution in [2.24, 2.45) is 0 Å². The van der Waals surface area contributed by atoms with E-state index in [0.717, 1.165) is 31.5 Å². The summed E-state index contributed by atoms with van der Waals surface area (Å²) in [7, 11) is 0. The minimum atomic E-state index is -0.499. The normalized spacial score (nSPS) is 22.8. The van der Waals surface area contributed by atoms with Gasteiger partial charge >= 0.3 is 0 Å². The summed E-state index contributed by atoms with van der Waals surface area (Å²) in [6, 6.07) is 2.77. The lowest BCUT2D eigenvalue weighted by atomic mass is 9.97. The van der Waals surface area contributed by atoms with Crippen LogP contribution in [0.3, 0.4) is 0 Å². The molecule has 1 saturated heterocycles. The first-order valence-corrected chi connectivity index (χ1v) is 6.11. The fraction of sp³-hybridized carbons (Fsp3) is 0.417. The van der Waals surface area contributed by atoms with Crippen molar-refractivity contribution in [3.8, 4) is 0 Å². The minimum Gasteiger partial charge on any atom is -0.358 e. The fourth-order valence-corrected chi connectivity index (χ4v) is 2.74. The maximum atomic E-state index is 13.4. The molecule has 1 N–H and O–H groups in total. The second kappa shape index (κ2) is 3.88. The Labute approximate surface area is 104 Å². The minimum absolute atomic E-state index is 0.0427. The third-order valence-corrected chi connectivity index (χ3v) is 3.70. The number of amides is 1. The van der Waals surface area contributed by atoms with Gasteiger partial charge < -0.3 is 10.2 Å². The van der Waals surface area contributed by atoms with Gasteiger partial charge in [0.15, 0.2) is 0 Å². The number of carbonyl (C=O) groups is 1.